The average Bonchev–Trinajstić information content (AvgIpc) is 2.70. The van der Waals surface area contributed by atoms with Gasteiger partial charge < -0.3 is 9.84 Å². The number of benzene rings is 1. The number of hydrogen-bond donors (Lipinski definition) is 1. The first kappa shape index (κ1) is 19.3. The molecule has 2 heterocycles. The first-order valence-electron chi connectivity index (χ1n) is 10.5. The third-order valence-electron chi connectivity index (χ3n) is 6.63. The lowest BCUT2D eigenvalue weighted by molar-refractivity contribution is -0.124. The quantitative estimate of drug-likeness (QED) is 0.859. The average molecular weight is 382 g/mol. The zero-order valence-electron chi connectivity index (χ0n) is 17.0. The summed E-state index contributed by atoms with van der Waals surface area (Å²) in [7, 11) is 1.70. The summed E-state index contributed by atoms with van der Waals surface area (Å²) in [6.45, 7) is 3.67. The minimum Gasteiger partial charge on any atom is -0.497 e. The molecule has 1 aromatic carbocycles. The van der Waals surface area contributed by atoms with E-state index >= 15 is 0 Å². The smallest absolute Gasteiger partial charge is 0.125 e. The van der Waals surface area contributed by atoms with Gasteiger partial charge in [0.2, 0.25) is 0 Å². The van der Waals surface area contributed by atoms with Gasteiger partial charge >= 0.3 is 0 Å². The maximum Gasteiger partial charge on any atom is 0.125 e. The molecule has 2 fully saturated rings. The molecule has 1 aromatic heterocycles. The van der Waals surface area contributed by atoms with Crippen LogP contribution < -0.4 is 4.74 Å². The lowest BCUT2D eigenvalue weighted by atomic mass is 9.66. The highest BCUT2D eigenvalue weighted by Gasteiger charge is 2.48. The molecule has 28 heavy (non-hydrogen) atoms. The van der Waals surface area contributed by atoms with Gasteiger partial charge in [0.05, 0.1) is 18.4 Å². The molecule has 5 nitrogen and oxygen atoms in total. The summed E-state index contributed by atoms with van der Waals surface area (Å²) in [5.41, 5.74) is 1.85. The van der Waals surface area contributed by atoms with Crippen molar-refractivity contribution >= 4 is 0 Å². The number of piperidine rings is 1. The molecule has 0 unspecified atom stereocenters. The number of rotatable bonds is 5. The Morgan fingerprint density at radius 2 is 2.00 bits per heavy atom. The zero-order chi connectivity index (χ0) is 19.6. The molecule has 0 spiro atoms. The monoisotopic (exact) mass is 381 g/mol. The van der Waals surface area contributed by atoms with Gasteiger partial charge in [0.15, 0.2) is 0 Å². The highest BCUT2D eigenvalue weighted by atomic mass is 16.5. The molecule has 3 atom stereocenters. The summed E-state index contributed by atoms with van der Waals surface area (Å²) in [5.74, 6) is 2.02. The van der Waals surface area contributed by atoms with Crippen molar-refractivity contribution in [3.05, 3.63) is 53.6 Å². The first-order valence-corrected chi connectivity index (χ1v) is 10.5. The normalized spacial score (nSPS) is 28.0. The Balaban J connectivity index is 1.59. The van der Waals surface area contributed by atoms with E-state index in [0.29, 0.717) is 12.0 Å². The van der Waals surface area contributed by atoms with Crippen molar-refractivity contribution in [2.45, 2.75) is 63.6 Å². The number of ether oxygens (including phenoxy) is 1. The standard InChI is InChI=1S/C23H31N3O2/c1-17-24-13-10-19(25-17)16-26-14-12-23(27)11-4-3-5-21(23)22(26)15-18-6-8-20(28-2)9-7-18/h6-10,13,21-22,27H,3-5,11-12,14-16H2,1-2H3/t21-,22-,23-/m1/s1. The molecule has 1 aliphatic heterocycles. The maximum atomic E-state index is 11.4. The van der Waals surface area contributed by atoms with E-state index in [-0.39, 0.29) is 0 Å². The highest BCUT2D eigenvalue weighted by molar-refractivity contribution is 5.28. The van der Waals surface area contributed by atoms with Gasteiger partial charge in [-0.1, -0.05) is 25.0 Å². The Morgan fingerprint density at radius 3 is 2.75 bits per heavy atom. The van der Waals surface area contributed by atoms with Gasteiger partial charge in [-0.05, 0) is 56.4 Å². The van der Waals surface area contributed by atoms with Crippen LogP contribution in [-0.2, 0) is 13.0 Å². The molecule has 1 saturated heterocycles. The molecule has 0 amide bonds. The number of likely N-dealkylation sites (tertiary alicyclic amines) is 1. The van der Waals surface area contributed by atoms with Crippen LogP contribution in [0.2, 0.25) is 0 Å². The van der Waals surface area contributed by atoms with Gasteiger partial charge in [-0.25, -0.2) is 9.97 Å². The molecular formula is C23H31N3O2. The molecule has 1 saturated carbocycles. The largest absolute Gasteiger partial charge is 0.497 e. The molecule has 0 bridgehead atoms. The van der Waals surface area contributed by atoms with Crippen LogP contribution in [0.15, 0.2) is 36.5 Å². The number of aromatic nitrogens is 2. The molecule has 1 N–H and O–H groups in total. The molecule has 0 radical (unpaired) electrons. The van der Waals surface area contributed by atoms with E-state index in [0.717, 1.165) is 62.5 Å². The first-order chi connectivity index (χ1) is 13.6. The molecule has 150 valence electrons. The summed E-state index contributed by atoms with van der Waals surface area (Å²) >= 11 is 0. The van der Waals surface area contributed by atoms with Crippen LogP contribution in [-0.4, -0.2) is 45.3 Å². The lowest BCUT2D eigenvalue weighted by Crippen LogP contribution is -2.59. The van der Waals surface area contributed by atoms with E-state index in [1.54, 1.807) is 7.11 Å². The van der Waals surface area contributed by atoms with Crippen LogP contribution in [0.25, 0.3) is 0 Å². The Morgan fingerprint density at radius 1 is 1.18 bits per heavy atom. The van der Waals surface area contributed by atoms with Crippen LogP contribution in [0.3, 0.4) is 0 Å². The van der Waals surface area contributed by atoms with Crippen molar-refractivity contribution in [2.75, 3.05) is 13.7 Å². The van der Waals surface area contributed by atoms with Crippen LogP contribution in [0.1, 0.15) is 49.2 Å². The minimum absolute atomic E-state index is 0.319. The SMILES string of the molecule is COc1ccc(C[C@@H]2[C@H]3CCCC[C@@]3(O)CCN2Cc2ccnc(C)n2)cc1. The van der Waals surface area contributed by atoms with E-state index in [9.17, 15) is 5.11 Å². The topological polar surface area (TPSA) is 58.5 Å². The second kappa shape index (κ2) is 8.18. The number of fused-ring (bicyclic) bond motifs is 1. The second-order valence-electron chi connectivity index (χ2n) is 8.39. The zero-order valence-corrected chi connectivity index (χ0v) is 17.0. The number of methoxy groups -OCH3 is 1. The summed E-state index contributed by atoms with van der Waals surface area (Å²) in [6, 6.07) is 10.7. The minimum atomic E-state index is -0.506. The van der Waals surface area contributed by atoms with Gasteiger partial charge in [-0.3, -0.25) is 4.90 Å². The van der Waals surface area contributed by atoms with E-state index in [4.69, 9.17) is 4.74 Å². The highest BCUT2D eigenvalue weighted by Crippen LogP contribution is 2.44. The predicted molar refractivity (Wildman–Crippen MR) is 109 cm³/mol. The molecule has 1 aliphatic carbocycles. The van der Waals surface area contributed by atoms with Crippen LogP contribution in [0.4, 0.5) is 0 Å². The summed E-state index contributed by atoms with van der Waals surface area (Å²) in [6.07, 6.45) is 8.06. The van der Waals surface area contributed by atoms with E-state index in [1.807, 2.05) is 31.3 Å². The summed E-state index contributed by atoms with van der Waals surface area (Å²) < 4.78 is 5.31. The van der Waals surface area contributed by atoms with Gasteiger partial charge in [0.25, 0.3) is 0 Å². The predicted octanol–water partition coefficient (Wildman–Crippen LogP) is 3.53. The Hall–Kier alpha value is -1.98. The lowest BCUT2D eigenvalue weighted by Gasteiger charge is -2.52. The summed E-state index contributed by atoms with van der Waals surface area (Å²) in [4.78, 5) is 11.4. The molecular weight excluding hydrogens is 350 g/mol. The molecule has 2 aliphatic rings. The Labute approximate surface area is 167 Å². The number of hydrogen-bond acceptors (Lipinski definition) is 5. The van der Waals surface area contributed by atoms with E-state index < -0.39 is 5.60 Å². The third-order valence-corrected chi connectivity index (χ3v) is 6.63. The van der Waals surface area contributed by atoms with Crippen molar-refractivity contribution in [3.63, 3.8) is 0 Å². The second-order valence-corrected chi connectivity index (χ2v) is 8.39. The van der Waals surface area contributed by atoms with Crippen molar-refractivity contribution < 1.29 is 9.84 Å². The van der Waals surface area contributed by atoms with Crippen molar-refractivity contribution in [3.8, 4) is 5.75 Å². The van der Waals surface area contributed by atoms with Crippen molar-refractivity contribution in [1.82, 2.24) is 14.9 Å². The van der Waals surface area contributed by atoms with Gasteiger partial charge in [0.1, 0.15) is 11.6 Å². The van der Waals surface area contributed by atoms with Gasteiger partial charge in [0, 0.05) is 31.2 Å². The van der Waals surface area contributed by atoms with Gasteiger partial charge in [-0.15, -0.1) is 0 Å². The third kappa shape index (κ3) is 4.06. The Kier molecular flexibility index (Phi) is 5.65. The van der Waals surface area contributed by atoms with Crippen molar-refractivity contribution in [2.24, 2.45) is 5.92 Å². The fraction of sp³-hybridized carbons (Fsp3) is 0.565. The molecule has 4 rings (SSSR count). The molecule has 5 heteroatoms. The van der Waals surface area contributed by atoms with Gasteiger partial charge in [-0.2, -0.15) is 0 Å². The number of aliphatic hydroxyl groups is 1. The van der Waals surface area contributed by atoms with Crippen molar-refractivity contribution in [1.29, 1.82) is 0 Å². The van der Waals surface area contributed by atoms with Crippen LogP contribution in [0.5, 0.6) is 5.75 Å². The van der Waals surface area contributed by atoms with Crippen LogP contribution in [0, 0.1) is 12.8 Å². The fourth-order valence-corrected chi connectivity index (χ4v) is 5.14. The van der Waals surface area contributed by atoms with Crippen LogP contribution >= 0.6 is 0 Å². The molecule has 2 aromatic rings. The number of aryl methyl sites for hydroxylation is 1. The van der Waals surface area contributed by atoms with E-state index in [1.165, 1.54) is 12.0 Å². The Bertz CT molecular complexity index is 795. The van der Waals surface area contributed by atoms with E-state index in [2.05, 4.69) is 27.0 Å². The summed E-state index contributed by atoms with van der Waals surface area (Å²) in [5, 5.41) is 11.4. The fourth-order valence-electron chi connectivity index (χ4n) is 5.14. The number of nitrogens with zero attached hydrogens (tertiary/aromatic N) is 3. The maximum absolute atomic E-state index is 11.4.